The van der Waals surface area contributed by atoms with Gasteiger partial charge in [0, 0.05) is 19.5 Å². The predicted octanol–water partition coefficient (Wildman–Crippen LogP) is 1.21. The maximum Gasteiger partial charge on any atom is 0.224 e. The molecule has 96 valence electrons. The van der Waals surface area contributed by atoms with Crippen molar-refractivity contribution in [2.24, 2.45) is 11.3 Å². The van der Waals surface area contributed by atoms with Gasteiger partial charge < -0.3 is 10.6 Å². The van der Waals surface area contributed by atoms with Crippen molar-refractivity contribution in [1.29, 1.82) is 0 Å². The van der Waals surface area contributed by atoms with Crippen LogP contribution in [-0.4, -0.2) is 24.9 Å². The molecule has 17 heavy (non-hydrogen) atoms. The zero-order valence-corrected chi connectivity index (χ0v) is 10.6. The maximum atomic E-state index is 11.9. The van der Waals surface area contributed by atoms with Gasteiger partial charge in [0.25, 0.3) is 0 Å². The fraction of sp³-hybridized carbons (Fsp3) is 0.846. The second kappa shape index (κ2) is 5.07. The lowest BCUT2D eigenvalue weighted by atomic mass is 9.88. The van der Waals surface area contributed by atoms with Crippen LogP contribution in [0.1, 0.15) is 45.4 Å². The molecule has 1 saturated heterocycles. The van der Waals surface area contributed by atoms with Crippen LogP contribution in [0, 0.1) is 11.3 Å². The van der Waals surface area contributed by atoms with E-state index in [1.54, 1.807) is 0 Å². The standard InChI is InChI=1S/C13H22N2O2/c1-13(6-2-3-7-13)9-15-12(17)10-4-5-11(16)14-8-10/h10H,2-9H2,1H3,(H,14,16)(H,15,17). The summed E-state index contributed by atoms with van der Waals surface area (Å²) in [7, 11) is 0. The first kappa shape index (κ1) is 12.4. The second-order valence-electron chi connectivity index (χ2n) is 5.78. The summed E-state index contributed by atoms with van der Waals surface area (Å²) in [5.41, 5.74) is 0.299. The number of carbonyl (C=O) groups is 2. The van der Waals surface area contributed by atoms with Crippen LogP contribution in [-0.2, 0) is 9.59 Å². The highest BCUT2D eigenvalue weighted by Crippen LogP contribution is 2.36. The molecule has 1 unspecified atom stereocenters. The molecule has 0 spiro atoms. The van der Waals surface area contributed by atoms with Gasteiger partial charge in [0.1, 0.15) is 0 Å². The van der Waals surface area contributed by atoms with Crippen molar-refractivity contribution in [2.45, 2.75) is 45.4 Å². The first-order valence-corrected chi connectivity index (χ1v) is 6.63. The van der Waals surface area contributed by atoms with Gasteiger partial charge in [-0.3, -0.25) is 9.59 Å². The summed E-state index contributed by atoms with van der Waals surface area (Å²) in [4.78, 5) is 22.9. The van der Waals surface area contributed by atoms with E-state index in [1.165, 1.54) is 25.7 Å². The highest BCUT2D eigenvalue weighted by molar-refractivity contribution is 5.83. The Morgan fingerprint density at radius 1 is 1.47 bits per heavy atom. The average molecular weight is 238 g/mol. The van der Waals surface area contributed by atoms with Gasteiger partial charge >= 0.3 is 0 Å². The maximum absolute atomic E-state index is 11.9. The van der Waals surface area contributed by atoms with Gasteiger partial charge in [-0.2, -0.15) is 0 Å². The predicted molar refractivity (Wildman–Crippen MR) is 65.3 cm³/mol. The Bertz CT molecular complexity index is 299. The molecule has 2 amide bonds. The van der Waals surface area contributed by atoms with E-state index < -0.39 is 0 Å². The number of piperidine rings is 1. The largest absolute Gasteiger partial charge is 0.355 e. The van der Waals surface area contributed by atoms with Crippen molar-refractivity contribution < 1.29 is 9.59 Å². The number of carbonyl (C=O) groups excluding carboxylic acids is 2. The number of nitrogens with one attached hydrogen (secondary N) is 2. The van der Waals surface area contributed by atoms with E-state index in [9.17, 15) is 9.59 Å². The fourth-order valence-corrected chi connectivity index (χ4v) is 2.81. The minimum Gasteiger partial charge on any atom is -0.355 e. The molecular weight excluding hydrogens is 216 g/mol. The number of rotatable bonds is 3. The first-order chi connectivity index (χ1) is 8.09. The summed E-state index contributed by atoms with van der Waals surface area (Å²) in [5.74, 6) is 0.146. The fourth-order valence-electron chi connectivity index (χ4n) is 2.81. The molecule has 1 aliphatic heterocycles. The molecule has 1 aliphatic carbocycles. The van der Waals surface area contributed by atoms with E-state index in [1.807, 2.05) is 0 Å². The Hall–Kier alpha value is -1.06. The van der Waals surface area contributed by atoms with E-state index in [0.717, 1.165) is 6.54 Å². The van der Waals surface area contributed by atoms with Crippen molar-refractivity contribution >= 4 is 11.8 Å². The highest BCUT2D eigenvalue weighted by Gasteiger charge is 2.30. The number of hydrogen-bond donors (Lipinski definition) is 2. The van der Waals surface area contributed by atoms with Crippen molar-refractivity contribution in [3.05, 3.63) is 0 Å². The summed E-state index contributed by atoms with van der Waals surface area (Å²) in [6, 6.07) is 0. The number of amides is 2. The summed E-state index contributed by atoms with van der Waals surface area (Å²) in [5, 5.41) is 5.81. The van der Waals surface area contributed by atoms with Crippen LogP contribution in [0.4, 0.5) is 0 Å². The lowest BCUT2D eigenvalue weighted by Gasteiger charge is -2.27. The van der Waals surface area contributed by atoms with Gasteiger partial charge in [-0.05, 0) is 24.7 Å². The monoisotopic (exact) mass is 238 g/mol. The van der Waals surface area contributed by atoms with Gasteiger partial charge in [-0.1, -0.05) is 19.8 Å². The average Bonchev–Trinajstić information content (AvgIpc) is 2.75. The lowest BCUT2D eigenvalue weighted by molar-refractivity contribution is -0.129. The van der Waals surface area contributed by atoms with Crippen LogP contribution in [0.25, 0.3) is 0 Å². The molecule has 1 saturated carbocycles. The third-order valence-corrected chi connectivity index (χ3v) is 4.14. The van der Waals surface area contributed by atoms with Crippen molar-refractivity contribution in [1.82, 2.24) is 10.6 Å². The summed E-state index contributed by atoms with van der Waals surface area (Å²) >= 11 is 0. The zero-order valence-electron chi connectivity index (χ0n) is 10.6. The Morgan fingerprint density at radius 3 is 2.76 bits per heavy atom. The molecule has 4 heteroatoms. The quantitative estimate of drug-likeness (QED) is 0.776. The Labute approximate surface area is 103 Å². The SMILES string of the molecule is CC1(CNC(=O)C2CCC(=O)NC2)CCCC1. The molecule has 4 nitrogen and oxygen atoms in total. The highest BCUT2D eigenvalue weighted by atomic mass is 16.2. The van der Waals surface area contributed by atoms with Crippen molar-refractivity contribution in [3.63, 3.8) is 0 Å². The van der Waals surface area contributed by atoms with E-state index in [-0.39, 0.29) is 17.7 Å². The van der Waals surface area contributed by atoms with E-state index in [2.05, 4.69) is 17.6 Å². The summed E-state index contributed by atoms with van der Waals surface area (Å²) in [6.45, 7) is 3.54. The summed E-state index contributed by atoms with van der Waals surface area (Å²) < 4.78 is 0. The van der Waals surface area contributed by atoms with Crippen LogP contribution < -0.4 is 10.6 Å². The van der Waals surface area contributed by atoms with Gasteiger partial charge in [0.05, 0.1) is 5.92 Å². The molecule has 0 aromatic carbocycles. The van der Waals surface area contributed by atoms with Crippen LogP contribution in [0.3, 0.4) is 0 Å². The van der Waals surface area contributed by atoms with E-state index >= 15 is 0 Å². The number of hydrogen-bond acceptors (Lipinski definition) is 2. The molecule has 2 aliphatic rings. The van der Waals surface area contributed by atoms with Crippen molar-refractivity contribution in [2.75, 3.05) is 13.1 Å². The topological polar surface area (TPSA) is 58.2 Å². The Balaban J connectivity index is 1.75. The lowest BCUT2D eigenvalue weighted by Crippen LogP contribution is -2.45. The molecule has 1 atom stereocenters. The van der Waals surface area contributed by atoms with Gasteiger partial charge in [-0.15, -0.1) is 0 Å². The molecule has 0 aromatic rings. The van der Waals surface area contributed by atoms with E-state index in [4.69, 9.17) is 0 Å². The second-order valence-corrected chi connectivity index (χ2v) is 5.78. The minimum absolute atomic E-state index is 0.0299. The Kier molecular flexibility index (Phi) is 3.69. The molecule has 2 rings (SSSR count). The van der Waals surface area contributed by atoms with Gasteiger partial charge in [-0.25, -0.2) is 0 Å². The van der Waals surface area contributed by atoms with Crippen LogP contribution >= 0.6 is 0 Å². The Morgan fingerprint density at radius 2 is 2.18 bits per heavy atom. The molecular formula is C13H22N2O2. The van der Waals surface area contributed by atoms with Crippen LogP contribution in [0.5, 0.6) is 0 Å². The first-order valence-electron chi connectivity index (χ1n) is 6.63. The molecule has 0 bridgehead atoms. The molecule has 2 N–H and O–H groups in total. The normalized spacial score (nSPS) is 27.6. The minimum atomic E-state index is -0.0299. The van der Waals surface area contributed by atoms with Crippen LogP contribution in [0.2, 0.25) is 0 Å². The molecule has 0 aromatic heterocycles. The smallest absolute Gasteiger partial charge is 0.224 e. The third-order valence-electron chi connectivity index (χ3n) is 4.14. The van der Waals surface area contributed by atoms with E-state index in [0.29, 0.717) is 24.8 Å². The molecule has 2 fully saturated rings. The summed E-state index contributed by atoms with van der Waals surface area (Å²) in [6.07, 6.45) is 6.17. The van der Waals surface area contributed by atoms with Gasteiger partial charge in [0.15, 0.2) is 0 Å². The molecule has 1 heterocycles. The van der Waals surface area contributed by atoms with Gasteiger partial charge in [0.2, 0.25) is 11.8 Å². The van der Waals surface area contributed by atoms with Crippen LogP contribution in [0.15, 0.2) is 0 Å². The molecule has 0 radical (unpaired) electrons. The van der Waals surface area contributed by atoms with Crippen molar-refractivity contribution in [3.8, 4) is 0 Å². The zero-order chi connectivity index (χ0) is 12.3. The third kappa shape index (κ3) is 3.20.